The van der Waals surface area contributed by atoms with E-state index >= 15 is 0 Å². The molecular formula is C22H23N3O. The maximum absolute atomic E-state index is 13.0. The first kappa shape index (κ1) is 17.7. The Labute approximate surface area is 154 Å². The monoisotopic (exact) mass is 345 g/mol. The molecule has 4 nitrogen and oxygen atoms in total. The molecule has 0 unspecified atom stereocenters. The molecule has 0 aliphatic carbocycles. The van der Waals surface area contributed by atoms with E-state index < -0.39 is 6.04 Å². The van der Waals surface area contributed by atoms with Crippen LogP contribution in [0.15, 0.2) is 84.9 Å². The Balaban J connectivity index is 1.81. The molecule has 3 rings (SSSR count). The third-order valence-electron chi connectivity index (χ3n) is 4.18. The molecule has 0 bridgehead atoms. The van der Waals surface area contributed by atoms with E-state index in [1.165, 1.54) is 0 Å². The molecule has 3 aromatic rings. The summed E-state index contributed by atoms with van der Waals surface area (Å²) in [7, 11) is 1.91. The van der Waals surface area contributed by atoms with Crippen LogP contribution in [0.1, 0.15) is 17.2 Å². The lowest BCUT2D eigenvalue weighted by Gasteiger charge is -2.27. The van der Waals surface area contributed by atoms with Crippen LogP contribution in [-0.4, -0.2) is 13.0 Å². The number of carbonyl (C=O) groups excluding carboxylic acids is 1. The number of carbonyl (C=O) groups is 1. The predicted molar refractivity (Wildman–Crippen MR) is 107 cm³/mol. The molecule has 0 aliphatic heterocycles. The van der Waals surface area contributed by atoms with Gasteiger partial charge in [0.1, 0.15) is 6.04 Å². The Morgan fingerprint density at radius 3 is 2.04 bits per heavy atom. The summed E-state index contributed by atoms with van der Waals surface area (Å²) < 4.78 is 0. The highest BCUT2D eigenvalue weighted by Gasteiger charge is 2.22. The largest absolute Gasteiger partial charge is 0.324 e. The Morgan fingerprint density at radius 2 is 1.42 bits per heavy atom. The average Bonchev–Trinajstić information content (AvgIpc) is 2.69. The first-order chi connectivity index (χ1) is 12.6. The van der Waals surface area contributed by atoms with E-state index in [0.29, 0.717) is 0 Å². The molecule has 3 aromatic carbocycles. The van der Waals surface area contributed by atoms with Gasteiger partial charge in [0.25, 0.3) is 0 Å². The highest BCUT2D eigenvalue weighted by molar-refractivity contribution is 5.95. The number of benzene rings is 3. The van der Waals surface area contributed by atoms with Crippen LogP contribution in [0.4, 0.5) is 11.4 Å². The molecule has 1 amide bonds. The summed E-state index contributed by atoms with van der Waals surface area (Å²) >= 11 is 0. The summed E-state index contributed by atoms with van der Waals surface area (Å²) in [6, 6.07) is 26.9. The van der Waals surface area contributed by atoms with Crippen LogP contribution in [0.25, 0.3) is 0 Å². The second kappa shape index (κ2) is 8.32. The number of hydrazine groups is 1. The molecule has 0 radical (unpaired) electrons. The van der Waals surface area contributed by atoms with Crippen LogP contribution in [0.2, 0.25) is 0 Å². The van der Waals surface area contributed by atoms with Gasteiger partial charge in [0.05, 0.1) is 5.69 Å². The number of anilines is 2. The normalized spacial score (nSPS) is 11.6. The SMILES string of the molecule is Cc1ccc(NC(=O)[C@H](NN(C)c2ccccc2)c2ccccc2)cc1. The highest BCUT2D eigenvalue weighted by Crippen LogP contribution is 2.19. The number of rotatable bonds is 6. The van der Waals surface area contributed by atoms with Crippen molar-refractivity contribution >= 4 is 17.3 Å². The fourth-order valence-corrected chi connectivity index (χ4v) is 2.70. The standard InChI is InChI=1S/C22H23N3O/c1-17-13-15-19(16-14-17)23-22(26)21(18-9-5-3-6-10-18)24-25(2)20-11-7-4-8-12-20/h3-16,21,24H,1-2H3,(H,23,26)/t21-/m1/s1. The molecule has 1 atom stereocenters. The van der Waals surface area contributed by atoms with E-state index in [4.69, 9.17) is 0 Å². The molecule has 0 heterocycles. The number of hydrogen-bond acceptors (Lipinski definition) is 3. The molecular weight excluding hydrogens is 322 g/mol. The minimum Gasteiger partial charge on any atom is -0.324 e. The Morgan fingerprint density at radius 1 is 0.846 bits per heavy atom. The van der Waals surface area contributed by atoms with Gasteiger partial charge >= 0.3 is 0 Å². The summed E-state index contributed by atoms with van der Waals surface area (Å²) in [6.45, 7) is 2.02. The van der Waals surface area contributed by atoms with Crippen molar-refractivity contribution in [2.24, 2.45) is 0 Å². The van der Waals surface area contributed by atoms with Gasteiger partial charge in [-0.1, -0.05) is 66.2 Å². The van der Waals surface area contributed by atoms with E-state index in [1.54, 1.807) is 0 Å². The summed E-state index contributed by atoms with van der Waals surface area (Å²) in [5.74, 6) is -0.108. The summed E-state index contributed by atoms with van der Waals surface area (Å²) in [5.41, 5.74) is 7.13. The number of hydrogen-bond donors (Lipinski definition) is 2. The van der Waals surface area contributed by atoms with Gasteiger partial charge in [-0.3, -0.25) is 4.79 Å². The van der Waals surface area contributed by atoms with Crippen molar-refractivity contribution in [1.29, 1.82) is 0 Å². The van der Waals surface area contributed by atoms with Crippen LogP contribution in [-0.2, 0) is 4.79 Å². The zero-order chi connectivity index (χ0) is 18.4. The average molecular weight is 345 g/mol. The predicted octanol–water partition coefficient (Wildman–Crippen LogP) is 4.32. The minimum absolute atomic E-state index is 0.108. The number of aryl methyl sites for hydroxylation is 1. The maximum Gasteiger partial charge on any atom is 0.247 e. The van der Waals surface area contributed by atoms with Crippen LogP contribution in [0.3, 0.4) is 0 Å². The van der Waals surface area contributed by atoms with Gasteiger partial charge in [-0.25, -0.2) is 5.43 Å². The lowest BCUT2D eigenvalue weighted by atomic mass is 10.1. The molecule has 132 valence electrons. The summed E-state index contributed by atoms with van der Waals surface area (Å²) in [5, 5.41) is 4.86. The van der Waals surface area contributed by atoms with Crippen LogP contribution in [0.5, 0.6) is 0 Å². The van der Waals surface area contributed by atoms with Crippen molar-refractivity contribution in [2.45, 2.75) is 13.0 Å². The summed E-state index contributed by atoms with van der Waals surface area (Å²) in [6.07, 6.45) is 0. The van der Waals surface area contributed by atoms with Crippen molar-refractivity contribution < 1.29 is 4.79 Å². The molecule has 0 spiro atoms. The molecule has 0 saturated carbocycles. The van der Waals surface area contributed by atoms with Crippen molar-refractivity contribution in [2.75, 3.05) is 17.4 Å². The van der Waals surface area contributed by atoms with Crippen LogP contribution < -0.4 is 15.8 Å². The molecule has 0 aliphatic rings. The first-order valence-corrected chi connectivity index (χ1v) is 8.61. The van der Waals surface area contributed by atoms with Gasteiger partial charge in [-0.15, -0.1) is 0 Å². The third-order valence-corrected chi connectivity index (χ3v) is 4.18. The fraction of sp³-hybridized carbons (Fsp3) is 0.136. The number of nitrogens with zero attached hydrogens (tertiary/aromatic N) is 1. The lowest BCUT2D eigenvalue weighted by Crippen LogP contribution is -2.43. The number of para-hydroxylation sites is 1. The Bertz CT molecular complexity index is 832. The molecule has 0 aromatic heterocycles. The van der Waals surface area contributed by atoms with Crippen molar-refractivity contribution in [1.82, 2.24) is 5.43 Å². The molecule has 4 heteroatoms. The van der Waals surface area contributed by atoms with E-state index in [-0.39, 0.29) is 5.91 Å². The van der Waals surface area contributed by atoms with Gasteiger partial charge in [0, 0.05) is 12.7 Å². The zero-order valence-electron chi connectivity index (χ0n) is 15.0. The molecule has 0 fully saturated rings. The Hall–Kier alpha value is -3.11. The Kier molecular flexibility index (Phi) is 5.66. The topological polar surface area (TPSA) is 44.4 Å². The van der Waals surface area contributed by atoms with E-state index in [0.717, 1.165) is 22.5 Å². The van der Waals surface area contributed by atoms with Crippen molar-refractivity contribution in [3.63, 3.8) is 0 Å². The highest BCUT2D eigenvalue weighted by atomic mass is 16.2. The second-order valence-corrected chi connectivity index (χ2v) is 6.22. The van der Waals surface area contributed by atoms with Gasteiger partial charge in [0.2, 0.25) is 5.91 Å². The van der Waals surface area contributed by atoms with Crippen molar-refractivity contribution in [3.05, 3.63) is 96.1 Å². The van der Waals surface area contributed by atoms with Gasteiger partial charge in [-0.05, 0) is 36.8 Å². The molecule has 0 saturated heterocycles. The smallest absolute Gasteiger partial charge is 0.247 e. The second-order valence-electron chi connectivity index (χ2n) is 6.22. The van der Waals surface area contributed by atoms with E-state index in [1.807, 2.05) is 104 Å². The van der Waals surface area contributed by atoms with Gasteiger partial charge in [-0.2, -0.15) is 0 Å². The fourth-order valence-electron chi connectivity index (χ4n) is 2.70. The molecule has 2 N–H and O–H groups in total. The van der Waals surface area contributed by atoms with E-state index in [2.05, 4.69) is 10.7 Å². The quantitative estimate of drug-likeness (QED) is 0.654. The van der Waals surface area contributed by atoms with Gasteiger partial charge < -0.3 is 10.3 Å². The minimum atomic E-state index is -0.511. The zero-order valence-corrected chi connectivity index (χ0v) is 15.0. The number of nitrogens with one attached hydrogen (secondary N) is 2. The van der Waals surface area contributed by atoms with Gasteiger partial charge in [0.15, 0.2) is 0 Å². The van der Waals surface area contributed by atoms with Crippen molar-refractivity contribution in [3.8, 4) is 0 Å². The third kappa shape index (κ3) is 4.49. The van der Waals surface area contributed by atoms with Crippen LogP contribution in [0, 0.1) is 6.92 Å². The van der Waals surface area contributed by atoms with Crippen LogP contribution >= 0.6 is 0 Å². The summed E-state index contributed by atoms with van der Waals surface area (Å²) in [4.78, 5) is 13.0. The first-order valence-electron chi connectivity index (χ1n) is 8.61. The maximum atomic E-state index is 13.0. The molecule has 26 heavy (non-hydrogen) atoms. The van der Waals surface area contributed by atoms with E-state index in [9.17, 15) is 4.79 Å². The lowest BCUT2D eigenvalue weighted by molar-refractivity contribution is -0.118. The number of amides is 1.